The molecular weight excluding hydrogens is 505 g/mol. The van der Waals surface area contributed by atoms with Crippen LogP contribution in [0.15, 0.2) is 42.6 Å². The van der Waals surface area contributed by atoms with E-state index in [2.05, 4.69) is 9.88 Å². The number of alkyl halides is 1. The molecule has 9 heteroatoms. The third kappa shape index (κ3) is 6.02. The summed E-state index contributed by atoms with van der Waals surface area (Å²) in [5, 5.41) is 10.8. The van der Waals surface area contributed by atoms with Crippen molar-refractivity contribution in [3.05, 3.63) is 70.4 Å². The van der Waals surface area contributed by atoms with Crippen LogP contribution in [-0.4, -0.2) is 47.7 Å². The van der Waals surface area contributed by atoms with Gasteiger partial charge in [-0.3, -0.25) is 9.78 Å². The smallest absolute Gasteiger partial charge is 0.309 e. The molecule has 1 saturated heterocycles. The lowest BCUT2D eigenvalue weighted by molar-refractivity contribution is -0.153. The molecule has 0 amide bonds. The maximum absolute atomic E-state index is 15.6. The Balaban J connectivity index is 1.38. The average Bonchev–Trinajstić information content (AvgIpc) is 2.89. The van der Waals surface area contributed by atoms with E-state index in [-0.39, 0.29) is 29.8 Å². The molecule has 1 aliphatic rings. The second kappa shape index (κ2) is 11.7. The van der Waals surface area contributed by atoms with Gasteiger partial charge in [0.2, 0.25) is 0 Å². The Bertz CT molecular complexity index is 1240. The maximum Gasteiger partial charge on any atom is 0.309 e. The summed E-state index contributed by atoms with van der Waals surface area (Å²) in [7, 11) is 1.52. The zero-order valence-electron chi connectivity index (χ0n) is 20.7. The molecule has 1 aliphatic heterocycles. The van der Waals surface area contributed by atoms with E-state index in [1.807, 2.05) is 0 Å². The van der Waals surface area contributed by atoms with Crippen LogP contribution in [0.2, 0.25) is 5.02 Å². The van der Waals surface area contributed by atoms with Crippen LogP contribution < -0.4 is 4.74 Å². The van der Waals surface area contributed by atoms with Gasteiger partial charge in [-0.15, -0.1) is 0 Å². The molecule has 0 spiro atoms. The van der Waals surface area contributed by atoms with Crippen molar-refractivity contribution in [2.24, 2.45) is 5.41 Å². The first kappa shape index (κ1) is 27.2. The van der Waals surface area contributed by atoms with Gasteiger partial charge < -0.3 is 14.7 Å². The van der Waals surface area contributed by atoms with E-state index in [0.717, 1.165) is 0 Å². The summed E-state index contributed by atoms with van der Waals surface area (Å²) >= 11 is 6.33. The predicted octanol–water partition coefficient (Wildman–Crippen LogP) is 6.77. The van der Waals surface area contributed by atoms with Crippen molar-refractivity contribution in [3.8, 4) is 5.75 Å². The normalized spacial score (nSPS) is 16.6. The summed E-state index contributed by atoms with van der Waals surface area (Å²) in [6, 6.07) is 8.99. The lowest BCUT2D eigenvalue weighted by atomic mass is 9.74. The summed E-state index contributed by atoms with van der Waals surface area (Å²) < 4.78 is 48.6. The second-order valence-electron chi connectivity index (χ2n) is 9.64. The fraction of sp³-hybridized carbons (Fsp3) is 0.429. The number of fused-ring (bicyclic) bond motifs is 1. The first-order chi connectivity index (χ1) is 17.7. The Morgan fingerprint density at radius 1 is 1.22 bits per heavy atom. The Kier molecular flexibility index (Phi) is 8.60. The molecule has 1 atom stereocenters. The number of aromatic nitrogens is 1. The molecule has 0 aliphatic carbocycles. The van der Waals surface area contributed by atoms with Gasteiger partial charge in [-0.25, -0.2) is 13.2 Å². The van der Waals surface area contributed by atoms with Crippen LogP contribution in [0.1, 0.15) is 49.4 Å². The zero-order chi connectivity index (χ0) is 26.6. The van der Waals surface area contributed by atoms with E-state index in [1.165, 1.54) is 31.5 Å². The summed E-state index contributed by atoms with van der Waals surface area (Å²) in [6.45, 7) is 1.66. The minimum Gasteiger partial charge on any atom is -0.497 e. The summed E-state index contributed by atoms with van der Waals surface area (Å²) in [6.07, 6.45) is 1.71. The fourth-order valence-electron chi connectivity index (χ4n) is 5.19. The molecule has 1 aromatic heterocycles. The SMILES string of the molecule is COc1ccc2ncc(Cl)c([C@H](F)CCC3(C(=O)O)CCN(CCCc4c(F)cccc4F)CC3)c2c1. The highest BCUT2D eigenvalue weighted by molar-refractivity contribution is 6.32. The number of aliphatic carboxylic acids is 1. The number of likely N-dealkylation sites (tertiary alicyclic amines) is 1. The molecule has 0 saturated carbocycles. The Labute approximate surface area is 219 Å². The summed E-state index contributed by atoms with van der Waals surface area (Å²) in [5.74, 6) is -1.48. The van der Waals surface area contributed by atoms with E-state index in [1.54, 1.807) is 18.2 Å². The monoisotopic (exact) mass is 534 g/mol. The molecule has 5 nitrogen and oxygen atoms in total. The van der Waals surface area contributed by atoms with Crippen LogP contribution >= 0.6 is 11.6 Å². The van der Waals surface area contributed by atoms with Crippen molar-refractivity contribution in [3.63, 3.8) is 0 Å². The van der Waals surface area contributed by atoms with Crippen molar-refractivity contribution in [1.82, 2.24) is 9.88 Å². The van der Waals surface area contributed by atoms with Crippen LogP contribution in [0.4, 0.5) is 13.2 Å². The lowest BCUT2D eigenvalue weighted by Crippen LogP contribution is -2.44. The van der Waals surface area contributed by atoms with Gasteiger partial charge in [-0.1, -0.05) is 17.7 Å². The van der Waals surface area contributed by atoms with Crippen molar-refractivity contribution < 1.29 is 27.8 Å². The minimum atomic E-state index is -1.46. The molecule has 37 heavy (non-hydrogen) atoms. The number of nitrogens with zero attached hydrogens (tertiary/aromatic N) is 2. The Morgan fingerprint density at radius 2 is 1.92 bits per heavy atom. The van der Waals surface area contributed by atoms with Crippen molar-refractivity contribution in [2.45, 2.75) is 44.7 Å². The number of benzene rings is 2. The quantitative estimate of drug-likeness (QED) is 0.311. The lowest BCUT2D eigenvalue weighted by Gasteiger charge is -2.39. The average molecular weight is 535 g/mol. The fourth-order valence-corrected chi connectivity index (χ4v) is 5.46. The first-order valence-corrected chi connectivity index (χ1v) is 12.8. The highest BCUT2D eigenvalue weighted by Crippen LogP contribution is 2.42. The van der Waals surface area contributed by atoms with E-state index in [4.69, 9.17) is 16.3 Å². The van der Waals surface area contributed by atoms with E-state index in [0.29, 0.717) is 61.1 Å². The van der Waals surface area contributed by atoms with Crippen molar-refractivity contribution in [2.75, 3.05) is 26.7 Å². The summed E-state index contributed by atoms with van der Waals surface area (Å²) in [5.41, 5.74) is -0.0811. The number of ether oxygens (including phenoxy) is 1. The molecule has 198 valence electrons. The first-order valence-electron chi connectivity index (χ1n) is 12.4. The number of piperidine rings is 1. The van der Waals surface area contributed by atoms with Gasteiger partial charge in [-0.2, -0.15) is 0 Å². The second-order valence-corrected chi connectivity index (χ2v) is 10.0. The number of carboxylic acids is 1. The van der Waals surface area contributed by atoms with Gasteiger partial charge >= 0.3 is 5.97 Å². The molecule has 2 heterocycles. The van der Waals surface area contributed by atoms with Crippen LogP contribution in [0.25, 0.3) is 10.9 Å². The Morgan fingerprint density at radius 3 is 2.57 bits per heavy atom. The van der Waals surface area contributed by atoms with Crippen molar-refractivity contribution in [1.29, 1.82) is 0 Å². The van der Waals surface area contributed by atoms with E-state index >= 15 is 4.39 Å². The molecule has 0 bridgehead atoms. The van der Waals surface area contributed by atoms with Gasteiger partial charge in [0, 0.05) is 22.7 Å². The van der Waals surface area contributed by atoms with Gasteiger partial charge in [-0.05, 0) is 88.5 Å². The number of hydrogen-bond acceptors (Lipinski definition) is 4. The molecular formula is C28H30ClF3N2O3. The molecule has 1 N–H and O–H groups in total. The van der Waals surface area contributed by atoms with Gasteiger partial charge in [0.05, 0.1) is 23.1 Å². The molecule has 1 fully saturated rings. The van der Waals surface area contributed by atoms with E-state index in [9.17, 15) is 18.7 Å². The Hall–Kier alpha value is -2.84. The van der Waals surface area contributed by atoms with Gasteiger partial charge in [0.1, 0.15) is 23.6 Å². The number of methoxy groups -OCH3 is 1. The molecule has 0 radical (unpaired) electrons. The predicted molar refractivity (Wildman–Crippen MR) is 137 cm³/mol. The van der Waals surface area contributed by atoms with Crippen LogP contribution in [0, 0.1) is 17.0 Å². The molecule has 0 unspecified atom stereocenters. The molecule has 4 rings (SSSR count). The number of carbonyl (C=O) groups is 1. The number of hydrogen-bond donors (Lipinski definition) is 1. The number of pyridine rings is 1. The summed E-state index contributed by atoms with van der Waals surface area (Å²) in [4.78, 5) is 18.7. The van der Waals surface area contributed by atoms with Crippen LogP contribution in [0.3, 0.4) is 0 Å². The number of carboxylic acid groups (broad SMARTS) is 1. The highest BCUT2D eigenvalue weighted by atomic mass is 35.5. The van der Waals surface area contributed by atoms with E-state index < -0.39 is 29.2 Å². The van der Waals surface area contributed by atoms with Crippen molar-refractivity contribution >= 4 is 28.5 Å². The third-order valence-electron chi connectivity index (χ3n) is 7.49. The molecule has 3 aromatic rings. The minimum absolute atomic E-state index is 0.00883. The van der Waals surface area contributed by atoms with Crippen LogP contribution in [0.5, 0.6) is 5.75 Å². The largest absolute Gasteiger partial charge is 0.497 e. The number of halogens is 4. The van der Waals surface area contributed by atoms with Gasteiger partial charge in [0.15, 0.2) is 0 Å². The standard InChI is InChI=1S/C28H30ClF3N2O3/c1-37-18-7-8-25-20(16-18)26(21(29)17-33-25)24(32)9-10-28(27(35)36)11-14-34(15-12-28)13-3-4-19-22(30)5-2-6-23(19)31/h2,5-8,16-17,24H,3-4,9-15H2,1H3,(H,35,36)/t24-/m1/s1. The number of rotatable bonds is 10. The maximum atomic E-state index is 15.6. The van der Waals surface area contributed by atoms with Gasteiger partial charge in [0.25, 0.3) is 0 Å². The highest BCUT2D eigenvalue weighted by Gasteiger charge is 2.41. The molecule has 2 aromatic carbocycles. The van der Waals surface area contributed by atoms with Crippen LogP contribution in [-0.2, 0) is 11.2 Å². The third-order valence-corrected chi connectivity index (χ3v) is 7.79. The topological polar surface area (TPSA) is 62.7 Å². The zero-order valence-corrected chi connectivity index (χ0v) is 21.4.